The van der Waals surface area contributed by atoms with Crippen LogP contribution in [0.3, 0.4) is 0 Å². The third-order valence-corrected chi connectivity index (χ3v) is 3.74. The predicted octanol–water partition coefficient (Wildman–Crippen LogP) is 0.798. The number of hydrogen-bond donors (Lipinski definition) is 2. The molecule has 0 radical (unpaired) electrons. The Labute approximate surface area is 109 Å². The molecule has 1 aliphatic rings. The zero-order chi connectivity index (χ0) is 13.6. The summed E-state index contributed by atoms with van der Waals surface area (Å²) in [6, 6.07) is 0. The number of likely N-dealkylation sites (N-methyl/N-ethyl adjacent to an activating group) is 1. The second-order valence-corrected chi connectivity index (χ2v) is 5.33. The van der Waals surface area contributed by atoms with Gasteiger partial charge in [0, 0.05) is 20.2 Å². The highest BCUT2D eigenvalue weighted by molar-refractivity contribution is 5.78. The van der Waals surface area contributed by atoms with Gasteiger partial charge in [0.1, 0.15) is 5.54 Å². The number of ether oxygens (including phenoxy) is 1. The van der Waals surface area contributed by atoms with Crippen molar-refractivity contribution in [3.05, 3.63) is 0 Å². The van der Waals surface area contributed by atoms with Crippen LogP contribution in [0.2, 0.25) is 0 Å². The first-order valence-corrected chi connectivity index (χ1v) is 6.71. The van der Waals surface area contributed by atoms with Crippen LogP contribution in [0, 0.1) is 5.92 Å². The summed E-state index contributed by atoms with van der Waals surface area (Å²) >= 11 is 0. The Balaban J connectivity index is 2.37. The molecule has 0 aromatic carbocycles. The Morgan fingerprint density at radius 3 is 2.89 bits per heavy atom. The second kappa shape index (κ2) is 7.07. The van der Waals surface area contributed by atoms with Crippen molar-refractivity contribution in [3.8, 4) is 0 Å². The fourth-order valence-corrected chi connectivity index (χ4v) is 2.53. The van der Waals surface area contributed by atoms with Crippen LogP contribution >= 0.6 is 0 Å². The molecular formula is C13H26N2O3. The quantitative estimate of drug-likeness (QED) is 0.674. The summed E-state index contributed by atoms with van der Waals surface area (Å²) in [4.78, 5) is 13.6. The number of likely N-dealkylation sites (tertiary alicyclic amines) is 1. The maximum Gasteiger partial charge on any atom is 0.323 e. The molecular weight excluding hydrogens is 232 g/mol. The molecule has 18 heavy (non-hydrogen) atoms. The Morgan fingerprint density at radius 1 is 1.61 bits per heavy atom. The Morgan fingerprint density at radius 2 is 2.33 bits per heavy atom. The van der Waals surface area contributed by atoms with E-state index in [4.69, 9.17) is 4.74 Å². The van der Waals surface area contributed by atoms with Gasteiger partial charge >= 0.3 is 5.97 Å². The second-order valence-electron chi connectivity index (χ2n) is 5.33. The van der Waals surface area contributed by atoms with Crippen molar-refractivity contribution in [2.75, 3.05) is 39.9 Å². The van der Waals surface area contributed by atoms with Gasteiger partial charge in [0.05, 0.1) is 6.61 Å². The zero-order valence-corrected chi connectivity index (χ0v) is 11.7. The topological polar surface area (TPSA) is 61.8 Å². The van der Waals surface area contributed by atoms with Gasteiger partial charge in [-0.05, 0) is 38.8 Å². The number of carbonyl (C=O) groups is 1. The molecule has 106 valence electrons. The minimum Gasteiger partial charge on any atom is -0.480 e. The average molecular weight is 258 g/mol. The first-order valence-electron chi connectivity index (χ1n) is 6.71. The molecule has 1 saturated heterocycles. The third-order valence-electron chi connectivity index (χ3n) is 3.74. The van der Waals surface area contributed by atoms with Crippen LogP contribution in [0.1, 0.15) is 26.7 Å². The van der Waals surface area contributed by atoms with E-state index in [-0.39, 0.29) is 0 Å². The molecule has 1 aliphatic heterocycles. The van der Waals surface area contributed by atoms with E-state index in [0.717, 1.165) is 32.7 Å². The molecule has 1 heterocycles. The van der Waals surface area contributed by atoms with Crippen LogP contribution < -0.4 is 5.32 Å². The average Bonchev–Trinajstić information content (AvgIpc) is 2.75. The number of aliphatic carboxylic acids is 1. The van der Waals surface area contributed by atoms with Gasteiger partial charge in [0.2, 0.25) is 0 Å². The van der Waals surface area contributed by atoms with Gasteiger partial charge < -0.3 is 20.1 Å². The summed E-state index contributed by atoms with van der Waals surface area (Å²) in [6.45, 7) is 8.09. The lowest BCUT2D eigenvalue weighted by Crippen LogP contribution is -2.51. The van der Waals surface area contributed by atoms with Crippen molar-refractivity contribution in [3.63, 3.8) is 0 Å². The van der Waals surface area contributed by atoms with Crippen LogP contribution in [0.4, 0.5) is 0 Å². The van der Waals surface area contributed by atoms with Crippen LogP contribution in [0.5, 0.6) is 0 Å². The van der Waals surface area contributed by atoms with Crippen molar-refractivity contribution < 1.29 is 14.6 Å². The number of carboxylic acid groups (broad SMARTS) is 1. The number of hydrogen-bond acceptors (Lipinski definition) is 4. The minimum atomic E-state index is -0.811. The molecule has 0 aliphatic carbocycles. The maximum atomic E-state index is 11.3. The molecule has 5 nitrogen and oxygen atoms in total. The lowest BCUT2D eigenvalue weighted by molar-refractivity contribution is -0.144. The van der Waals surface area contributed by atoms with E-state index in [1.165, 1.54) is 0 Å². The Hall–Kier alpha value is -0.650. The van der Waals surface area contributed by atoms with Crippen molar-refractivity contribution in [1.29, 1.82) is 0 Å². The molecule has 0 aromatic heterocycles. The van der Waals surface area contributed by atoms with Gasteiger partial charge in [0.15, 0.2) is 0 Å². The van der Waals surface area contributed by atoms with Crippen molar-refractivity contribution in [2.45, 2.75) is 32.2 Å². The van der Waals surface area contributed by atoms with Crippen LogP contribution in [-0.2, 0) is 9.53 Å². The van der Waals surface area contributed by atoms with Crippen LogP contribution in [0.15, 0.2) is 0 Å². The Bertz CT molecular complexity index is 273. The monoisotopic (exact) mass is 258 g/mol. The van der Waals surface area contributed by atoms with E-state index in [1.54, 1.807) is 14.0 Å². The normalized spacial score (nSPS) is 24.1. The minimum absolute atomic E-state index is 0.602. The maximum absolute atomic E-state index is 11.3. The van der Waals surface area contributed by atoms with Gasteiger partial charge in [-0.15, -0.1) is 0 Å². The molecule has 0 aromatic rings. The first-order chi connectivity index (χ1) is 8.51. The summed E-state index contributed by atoms with van der Waals surface area (Å²) in [6.07, 6.45) is 1.79. The van der Waals surface area contributed by atoms with Gasteiger partial charge in [-0.1, -0.05) is 6.92 Å². The number of methoxy groups -OCH3 is 1. The Kier molecular flexibility index (Phi) is 6.05. The molecule has 5 heteroatoms. The summed E-state index contributed by atoms with van der Waals surface area (Å²) in [7, 11) is 1.73. The summed E-state index contributed by atoms with van der Waals surface area (Å²) < 4.78 is 5.16. The smallest absolute Gasteiger partial charge is 0.323 e. The molecule has 2 atom stereocenters. The largest absolute Gasteiger partial charge is 0.480 e. The molecule has 0 amide bonds. The fraction of sp³-hybridized carbons (Fsp3) is 0.923. The van der Waals surface area contributed by atoms with Gasteiger partial charge in [0.25, 0.3) is 0 Å². The van der Waals surface area contributed by atoms with E-state index in [2.05, 4.69) is 10.2 Å². The molecule has 0 saturated carbocycles. The van der Waals surface area contributed by atoms with E-state index >= 15 is 0 Å². The molecule has 1 fully saturated rings. The highest BCUT2D eigenvalue weighted by Gasteiger charge is 2.33. The standard InChI is InChI=1S/C13H26N2O3/c1-4-14-13(2,12(16)17)6-8-15-7-5-11(9-15)10-18-3/h11,14H,4-10H2,1-3H3,(H,16,17). The zero-order valence-electron chi connectivity index (χ0n) is 11.7. The van der Waals surface area contributed by atoms with Crippen molar-refractivity contribution in [2.24, 2.45) is 5.92 Å². The van der Waals surface area contributed by atoms with Crippen molar-refractivity contribution in [1.82, 2.24) is 10.2 Å². The number of rotatable bonds is 8. The third kappa shape index (κ3) is 4.23. The van der Waals surface area contributed by atoms with E-state index in [0.29, 0.717) is 18.9 Å². The lowest BCUT2D eigenvalue weighted by atomic mass is 9.97. The van der Waals surface area contributed by atoms with Crippen molar-refractivity contribution >= 4 is 5.97 Å². The first kappa shape index (κ1) is 15.4. The van der Waals surface area contributed by atoms with Gasteiger partial charge in [-0.25, -0.2) is 0 Å². The van der Waals surface area contributed by atoms with Crippen LogP contribution in [0.25, 0.3) is 0 Å². The van der Waals surface area contributed by atoms with Gasteiger partial charge in [-0.2, -0.15) is 0 Å². The molecule has 1 rings (SSSR count). The van der Waals surface area contributed by atoms with E-state index in [9.17, 15) is 9.90 Å². The molecule has 2 N–H and O–H groups in total. The highest BCUT2D eigenvalue weighted by Crippen LogP contribution is 2.19. The molecule has 0 bridgehead atoms. The molecule has 2 unspecified atom stereocenters. The number of nitrogens with zero attached hydrogens (tertiary/aromatic N) is 1. The SMILES string of the molecule is CCNC(C)(CCN1CCC(COC)C1)C(=O)O. The summed E-state index contributed by atoms with van der Waals surface area (Å²) in [5.41, 5.74) is -0.811. The summed E-state index contributed by atoms with van der Waals surface area (Å²) in [5.74, 6) is -0.165. The van der Waals surface area contributed by atoms with E-state index < -0.39 is 11.5 Å². The molecule has 0 spiro atoms. The van der Waals surface area contributed by atoms with Gasteiger partial charge in [-0.3, -0.25) is 4.79 Å². The van der Waals surface area contributed by atoms with E-state index in [1.807, 2.05) is 6.92 Å². The number of nitrogens with one attached hydrogen (secondary N) is 1. The fourth-order valence-electron chi connectivity index (χ4n) is 2.53. The number of carboxylic acids is 1. The van der Waals surface area contributed by atoms with Crippen LogP contribution in [-0.4, -0.2) is 61.4 Å². The summed E-state index contributed by atoms with van der Waals surface area (Å²) in [5, 5.41) is 12.3. The lowest BCUT2D eigenvalue weighted by Gasteiger charge is -2.28. The highest BCUT2D eigenvalue weighted by atomic mass is 16.5. The predicted molar refractivity (Wildman–Crippen MR) is 70.8 cm³/mol.